The first kappa shape index (κ1) is 31.7. The molecule has 0 aromatic heterocycles. The molecule has 0 aliphatic carbocycles. The van der Waals surface area contributed by atoms with Gasteiger partial charge < -0.3 is 37.9 Å². The number of methoxy groups -OCH3 is 1. The molecule has 2 heterocycles. The molecular formula is C31H34O12. The lowest BCUT2D eigenvalue weighted by atomic mass is 10.1. The smallest absolute Gasteiger partial charge is 0.463 e. The second kappa shape index (κ2) is 15.8. The van der Waals surface area contributed by atoms with Crippen LogP contribution < -0.4 is 9.47 Å². The van der Waals surface area contributed by atoms with E-state index in [4.69, 9.17) is 37.9 Å². The topological polar surface area (TPSA) is 142 Å². The van der Waals surface area contributed by atoms with Crippen LogP contribution in [0.1, 0.15) is 46.4 Å². The molecular weight excluding hydrogens is 564 g/mol. The van der Waals surface area contributed by atoms with Crippen LogP contribution in [0.2, 0.25) is 0 Å². The van der Waals surface area contributed by atoms with Gasteiger partial charge in [0.25, 0.3) is 0 Å². The Balaban J connectivity index is 1.14. The molecule has 0 amide bonds. The van der Waals surface area contributed by atoms with E-state index < -0.39 is 30.2 Å². The van der Waals surface area contributed by atoms with Crippen molar-refractivity contribution in [2.45, 2.75) is 50.1 Å². The molecule has 2 saturated heterocycles. The van der Waals surface area contributed by atoms with Crippen LogP contribution in [-0.2, 0) is 33.2 Å². The quantitative estimate of drug-likeness (QED) is 0.0773. The Labute approximate surface area is 248 Å². The predicted octanol–water partition coefficient (Wildman–Crippen LogP) is 4.05. The lowest BCUT2D eigenvalue weighted by Crippen LogP contribution is -2.34. The highest BCUT2D eigenvalue weighted by molar-refractivity contribution is 5.92. The SMILES string of the molecule is C=CC(=O)OCCCCCCOC(=O)Oc1ccc(C(=O)Oc2ccc(C(=O)O[C@H]3COC4C3OC[C@@H]4OC)cc2)cc1. The maximum atomic E-state index is 12.6. The minimum atomic E-state index is -0.857. The molecule has 2 unspecified atom stereocenters. The minimum absolute atomic E-state index is 0.186. The standard InChI is InChI=1S/C31H34O12/c1-3-26(32)37-16-6-4-5-7-17-38-31(35)42-23-14-10-20(11-15-23)29(33)41-22-12-8-21(9-13-22)30(34)43-25-19-40-27-24(36-2)18-39-28(25)27/h3,8-15,24-25,27-28H,1,4-7,16-19H2,2H3/t24-,25-,27?,28?/m0/s1. The first-order chi connectivity index (χ1) is 20.9. The average Bonchev–Trinajstić information content (AvgIpc) is 3.61. The zero-order chi connectivity index (χ0) is 30.6. The molecule has 12 heteroatoms. The van der Waals surface area contributed by atoms with Crippen LogP contribution >= 0.6 is 0 Å². The van der Waals surface area contributed by atoms with Crippen molar-refractivity contribution in [3.63, 3.8) is 0 Å². The Morgan fingerprint density at radius 2 is 1.28 bits per heavy atom. The van der Waals surface area contributed by atoms with E-state index in [-0.39, 0.29) is 54.2 Å². The molecule has 230 valence electrons. The maximum Gasteiger partial charge on any atom is 0.513 e. The Kier molecular flexibility index (Phi) is 11.7. The van der Waals surface area contributed by atoms with Crippen LogP contribution in [0.4, 0.5) is 4.79 Å². The van der Waals surface area contributed by atoms with Gasteiger partial charge in [0.15, 0.2) is 6.10 Å². The van der Waals surface area contributed by atoms with Gasteiger partial charge >= 0.3 is 24.1 Å². The number of hydrogen-bond acceptors (Lipinski definition) is 12. The lowest BCUT2D eigenvalue weighted by Gasteiger charge is -2.16. The molecule has 2 aliphatic rings. The summed E-state index contributed by atoms with van der Waals surface area (Å²) < 4.78 is 42.7. The fourth-order valence-electron chi connectivity index (χ4n) is 4.49. The van der Waals surface area contributed by atoms with Crippen molar-refractivity contribution in [1.82, 2.24) is 0 Å². The van der Waals surface area contributed by atoms with E-state index in [0.29, 0.717) is 26.1 Å². The van der Waals surface area contributed by atoms with Gasteiger partial charge in [-0.25, -0.2) is 19.2 Å². The highest BCUT2D eigenvalue weighted by Crippen LogP contribution is 2.30. The summed E-state index contributed by atoms with van der Waals surface area (Å²) >= 11 is 0. The summed E-state index contributed by atoms with van der Waals surface area (Å²) in [6.07, 6.45) is 1.85. The van der Waals surface area contributed by atoms with E-state index in [1.54, 1.807) is 7.11 Å². The van der Waals surface area contributed by atoms with Crippen molar-refractivity contribution in [1.29, 1.82) is 0 Å². The van der Waals surface area contributed by atoms with Gasteiger partial charge in [0.2, 0.25) is 0 Å². The number of carbonyl (C=O) groups excluding carboxylic acids is 4. The molecule has 2 aliphatic heterocycles. The van der Waals surface area contributed by atoms with Gasteiger partial charge in [0, 0.05) is 13.2 Å². The fraction of sp³-hybridized carbons (Fsp3) is 0.419. The number of rotatable bonds is 14. The van der Waals surface area contributed by atoms with Crippen LogP contribution in [0.15, 0.2) is 61.2 Å². The highest BCUT2D eigenvalue weighted by Gasteiger charge is 2.49. The van der Waals surface area contributed by atoms with Crippen LogP contribution in [0.25, 0.3) is 0 Å². The van der Waals surface area contributed by atoms with E-state index in [1.807, 2.05) is 0 Å². The molecule has 0 saturated carbocycles. The van der Waals surface area contributed by atoms with E-state index >= 15 is 0 Å². The molecule has 0 bridgehead atoms. The van der Waals surface area contributed by atoms with E-state index in [9.17, 15) is 19.2 Å². The predicted molar refractivity (Wildman–Crippen MR) is 149 cm³/mol. The van der Waals surface area contributed by atoms with Gasteiger partial charge in [0.1, 0.15) is 29.8 Å². The third kappa shape index (κ3) is 9.11. The van der Waals surface area contributed by atoms with E-state index in [2.05, 4.69) is 6.58 Å². The molecule has 2 fully saturated rings. The Morgan fingerprint density at radius 3 is 1.88 bits per heavy atom. The number of benzene rings is 2. The Hall–Kier alpha value is -4.26. The van der Waals surface area contributed by atoms with E-state index in [0.717, 1.165) is 18.9 Å². The normalized spacial score (nSPS) is 20.5. The fourth-order valence-corrected chi connectivity index (χ4v) is 4.49. The summed E-state index contributed by atoms with van der Waals surface area (Å²) in [6, 6.07) is 11.8. The van der Waals surface area contributed by atoms with Crippen molar-refractivity contribution in [2.24, 2.45) is 0 Å². The van der Waals surface area contributed by atoms with Gasteiger partial charge in [0.05, 0.1) is 37.6 Å². The largest absolute Gasteiger partial charge is 0.513 e. The molecule has 2 aromatic rings. The molecule has 43 heavy (non-hydrogen) atoms. The number of carbonyl (C=O) groups is 4. The summed E-state index contributed by atoms with van der Waals surface area (Å²) in [7, 11) is 1.58. The number of hydrogen-bond donors (Lipinski definition) is 0. The highest BCUT2D eigenvalue weighted by atomic mass is 16.7. The minimum Gasteiger partial charge on any atom is -0.463 e. The third-order valence-corrected chi connectivity index (χ3v) is 6.79. The molecule has 0 spiro atoms. The second-order valence-electron chi connectivity index (χ2n) is 9.74. The summed E-state index contributed by atoms with van der Waals surface area (Å²) in [5.74, 6) is -1.20. The first-order valence-corrected chi connectivity index (χ1v) is 13.9. The van der Waals surface area contributed by atoms with E-state index in [1.165, 1.54) is 48.5 Å². The van der Waals surface area contributed by atoms with Crippen molar-refractivity contribution < 1.29 is 57.1 Å². The van der Waals surface area contributed by atoms with Crippen molar-refractivity contribution >= 4 is 24.1 Å². The molecule has 2 aromatic carbocycles. The van der Waals surface area contributed by atoms with Gasteiger partial charge in [-0.2, -0.15) is 0 Å². The molecule has 12 nitrogen and oxygen atoms in total. The van der Waals surface area contributed by atoms with Gasteiger partial charge in [-0.05, 0) is 74.2 Å². The van der Waals surface area contributed by atoms with Crippen molar-refractivity contribution in [2.75, 3.05) is 33.5 Å². The number of ether oxygens (including phenoxy) is 8. The van der Waals surface area contributed by atoms with Crippen molar-refractivity contribution in [3.8, 4) is 11.5 Å². The lowest BCUT2D eigenvalue weighted by molar-refractivity contribution is -0.137. The number of unbranched alkanes of at least 4 members (excludes halogenated alkanes) is 3. The van der Waals surface area contributed by atoms with Crippen molar-refractivity contribution in [3.05, 3.63) is 72.3 Å². The summed E-state index contributed by atoms with van der Waals surface area (Å²) in [5, 5.41) is 0. The van der Waals surface area contributed by atoms with Gasteiger partial charge in [-0.3, -0.25) is 0 Å². The molecule has 4 atom stereocenters. The van der Waals surface area contributed by atoms with Crippen LogP contribution in [-0.4, -0.2) is 82.0 Å². The monoisotopic (exact) mass is 598 g/mol. The Morgan fingerprint density at radius 1 is 0.744 bits per heavy atom. The van der Waals surface area contributed by atoms with Crippen LogP contribution in [0.3, 0.4) is 0 Å². The average molecular weight is 599 g/mol. The zero-order valence-electron chi connectivity index (χ0n) is 23.8. The first-order valence-electron chi connectivity index (χ1n) is 13.9. The van der Waals surface area contributed by atoms with Gasteiger partial charge in [-0.1, -0.05) is 6.58 Å². The summed E-state index contributed by atoms with van der Waals surface area (Å²) in [6.45, 7) is 4.44. The number of fused-ring (bicyclic) bond motifs is 1. The van der Waals surface area contributed by atoms with Crippen LogP contribution in [0, 0.1) is 0 Å². The third-order valence-electron chi connectivity index (χ3n) is 6.79. The molecule has 4 rings (SSSR count). The molecule has 0 radical (unpaired) electrons. The number of esters is 3. The molecule has 0 N–H and O–H groups in total. The maximum absolute atomic E-state index is 12.6. The summed E-state index contributed by atoms with van der Waals surface area (Å²) in [5.41, 5.74) is 0.508. The zero-order valence-corrected chi connectivity index (χ0v) is 23.8. The summed E-state index contributed by atoms with van der Waals surface area (Å²) in [4.78, 5) is 48.0. The van der Waals surface area contributed by atoms with Gasteiger partial charge in [-0.15, -0.1) is 0 Å². The Bertz CT molecular complexity index is 1260. The second-order valence-corrected chi connectivity index (χ2v) is 9.74. The van der Waals surface area contributed by atoms with Crippen LogP contribution in [0.5, 0.6) is 11.5 Å².